The number of rotatable bonds is 6. The summed E-state index contributed by atoms with van der Waals surface area (Å²) in [6, 6.07) is 3.82. The van der Waals surface area contributed by atoms with Crippen molar-refractivity contribution in [2.75, 3.05) is 17.6 Å². The summed E-state index contributed by atoms with van der Waals surface area (Å²) in [5, 5.41) is 4.03. The molecule has 0 aliphatic heterocycles. The van der Waals surface area contributed by atoms with Gasteiger partial charge in [-0.1, -0.05) is 37.8 Å². The van der Waals surface area contributed by atoms with Crippen LogP contribution < -0.4 is 11.1 Å². The van der Waals surface area contributed by atoms with Crippen LogP contribution in [0, 0.1) is 6.92 Å². The van der Waals surface area contributed by atoms with Gasteiger partial charge >= 0.3 is 0 Å². The fourth-order valence-electron chi connectivity index (χ4n) is 1.67. The van der Waals surface area contributed by atoms with Gasteiger partial charge in [-0.25, -0.2) is 0 Å². The lowest BCUT2D eigenvalue weighted by Gasteiger charge is -2.11. The Balaban J connectivity index is 2.45. The summed E-state index contributed by atoms with van der Waals surface area (Å²) >= 11 is 5.98. The lowest BCUT2D eigenvalue weighted by atomic mass is 10.1. The molecule has 0 aliphatic rings. The average molecular weight is 241 g/mol. The van der Waals surface area contributed by atoms with Crippen LogP contribution in [0.15, 0.2) is 12.1 Å². The highest BCUT2D eigenvalue weighted by Gasteiger charge is 2.02. The summed E-state index contributed by atoms with van der Waals surface area (Å²) in [7, 11) is 0. The van der Waals surface area contributed by atoms with Crippen LogP contribution in [0.25, 0.3) is 0 Å². The lowest BCUT2D eigenvalue weighted by molar-refractivity contribution is 0.685. The minimum absolute atomic E-state index is 0.627. The summed E-state index contributed by atoms with van der Waals surface area (Å²) in [6.07, 6.45) is 5.07. The van der Waals surface area contributed by atoms with Gasteiger partial charge in [-0.05, 0) is 31.0 Å². The van der Waals surface area contributed by atoms with Gasteiger partial charge in [-0.15, -0.1) is 0 Å². The molecule has 1 aromatic carbocycles. The number of nitrogens with two attached hydrogens (primary N) is 1. The first-order valence-corrected chi connectivity index (χ1v) is 6.32. The van der Waals surface area contributed by atoms with E-state index in [-0.39, 0.29) is 0 Å². The number of halogens is 1. The van der Waals surface area contributed by atoms with Crippen LogP contribution in [0.5, 0.6) is 0 Å². The van der Waals surface area contributed by atoms with Crippen molar-refractivity contribution in [3.8, 4) is 0 Å². The fraction of sp³-hybridized carbons (Fsp3) is 0.538. The van der Waals surface area contributed by atoms with Crippen molar-refractivity contribution in [2.24, 2.45) is 0 Å². The van der Waals surface area contributed by atoms with Gasteiger partial charge in [-0.3, -0.25) is 0 Å². The first-order valence-electron chi connectivity index (χ1n) is 5.94. The second kappa shape index (κ2) is 6.64. The zero-order valence-corrected chi connectivity index (χ0v) is 10.9. The van der Waals surface area contributed by atoms with Crippen LogP contribution in [-0.4, -0.2) is 6.54 Å². The molecule has 3 heteroatoms. The Morgan fingerprint density at radius 3 is 2.69 bits per heavy atom. The molecule has 2 nitrogen and oxygen atoms in total. The van der Waals surface area contributed by atoms with Gasteiger partial charge in [0.1, 0.15) is 0 Å². The Morgan fingerprint density at radius 2 is 2.00 bits per heavy atom. The van der Waals surface area contributed by atoms with E-state index < -0.39 is 0 Å². The monoisotopic (exact) mass is 240 g/mol. The maximum absolute atomic E-state index is 5.98. The maximum Gasteiger partial charge on any atom is 0.0656 e. The first-order chi connectivity index (χ1) is 7.65. The molecule has 1 rings (SSSR count). The molecule has 0 unspecified atom stereocenters. The summed E-state index contributed by atoms with van der Waals surface area (Å²) < 4.78 is 0. The van der Waals surface area contributed by atoms with Crippen molar-refractivity contribution < 1.29 is 0 Å². The Kier molecular flexibility index (Phi) is 5.47. The van der Waals surface area contributed by atoms with E-state index in [4.69, 9.17) is 17.3 Å². The topological polar surface area (TPSA) is 38.0 Å². The highest BCUT2D eigenvalue weighted by molar-refractivity contribution is 6.33. The van der Waals surface area contributed by atoms with Gasteiger partial charge in [0.05, 0.1) is 10.7 Å². The van der Waals surface area contributed by atoms with Gasteiger partial charge in [0.2, 0.25) is 0 Å². The van der Waals surface area contributed by atoms with Gasteiger partial charge in [0.25, 0.3) is 0 Å². The van der Waals surface area contributed by atoms with Crippen molar-refractivity contribution >= 4 is 23.0 Å². The van der Waals surface area contributed by atoms with Crippen LogP contribution in [0.1, 0.15) is 38.2 Å². The quantitative estimate of drug-likeness (QED) is 0.577. The van der Waals surface area contributed by atoms with Crippen LogP contribution in [0.4, 0.5) is 11.4 Å². The zero-order valence-electron chi connectivity index (χ0n) is 10.1. The SMILES string of the molecule is CCCCCCNc1cc(Cl)c(N)cc1C. The van der Waals surface area contributed by atoms with Crippen LogP contribution in [-0.2, 0) is 0 Å². The van der Waals surface area contributed by atoms with Crippen LogP contribution in [0.2, 0.25) is 5.02 Å². The Hall–Kier alpha value is -0.890. The minimum atomic E-state index is 0.627. The number of unbranched alkanes of at least 4 members (excludes halogenated alkanes) is 3. The molecular weight excluding hydrogens is 220 g/mol. The van der Waals surface area contributed by atoms with Gasteiger partial charge < -0.3 is 11.1 Å². The van der Waals surface area contributed by atoms with E-state index in [0.29, 0.717) is 10.7 Å². The van der Waals surface area contributed by atoms with Crippen LogP contribution in [0.3, 0.4) is 0 Å². The third-order valence-electron chi connectivity index (χ3n) is 2.69. The molecule has 0 aromatic heterocycles. The Morgan fingerprint density at radius 1 is 1.25 bits per heavy atom. The summed E-state index contributed by atoms with van der Waals surface area (Å²) in [5.74, 6) is 0. The first kappa shape index (κ1) is 13.2. The predicted octanol–water partition coefficient (Wildman–Crippen LogP) is 4.22. The largest absolute Gasteiger partial charge is 0.398 e. The summed E-state index contributed by atoms with van der Waals surface area (Å²) in [4.78, 5) is 0. The molecule has 0 aliphatic carbocycles. The highest BCUT2D eigenvalue weighted by atomic mass is 35.5. The number of benzene rings is 1. The predicted molar refractivity (Wildman–Crippen MR) is 73.2 cm³/mol. The van der Waals surface area contributed by atoms with Crippen molar-refractivity contribution in [1.29, 1.82) is 0 Å². The van der Waals surface area contributed by atoms with E-state index in [0.717, 1.165) is 17.8 Å². The molecule has 0 saturated heterocycles. The van der Waals surface area contributed by atoms with Crippen molar-refractivity contribution in [3.63, 3.8) is 0 Å². The fourth-order valence-corrected chi connectivity index (χ4v) is 1.83. The molecular formula is C13H21ClN2. The average Bonchev–Trinajstić information content (AvgIpc) is 2.25. The summed E-state index contributed by atoms with van der Waals surface area (Å²) in [5.41, 5.74) is 8.62. The standard InChI is InChI=1S/C13H21ClN2/c1-3-4-5-6-7-16-13-9-11(14)12(15)8-10(13)2/h8-9,16H,3-7,15H2,1-2H3. The molecule has 16 heavy (non-hydrogen) atoms. The molecule has 0 amide bonds. The number of hydrogen-bond acceptors (Lipinski definition) is 2. The maximum atomic E-state index is 5.98. The Labute approximate surface area is 103 Å². The molecule has 0 spiro atoms. The molecule has 1 aromatic rings. The number of hydrogen-bond donors (Lipinski definition) is 2. The van der Waals surface area contributed by atoms with E-state index >= 15 is 0 Å². The minimum Gasteiger partial charge on any atom is -0.398 e. The third kappa shape index (κ3) is 3.93. The molecule has 0 radical (unpaired) electrons. The zero-order chi connectivity index (χ0) is 12.0. The number of nitrogen functional groups attached to an aromatic ring is 1. The van der Waals surface area contributed by atoms with Crippen molar-refractivity contribution in [3.05, 3.63) is 22.7 Å². The third-order valence-corrected chi connectivity index (χ3v) is 3.02. The normalized spacial score (nSPS) is 10.4. The molecule has 0 saturated carbocycles. The van der Waals surface area contributed by atoms with Crippen molar-refractivity contribution in [2.45, 2.75) is 39.5 Å². The van der Waals surface area contributed by atoms with E-state index in [9.17, 15) is 0 Å². The molecule has 0 heterocycles. The smallest absolute Gasteiger partial charge is 0.0656 e. The van der Waals surface area contributed by atoms with Crippen LogP contribution >= 0.6 is 11.6 Å². The number of anilines is 2. The van der Waals surface area contributed by atoms with E-state index in [2.05, 4.69) is 12.2 Å². The van der Waals surface area contributed by atoms with Gasteiger partial charge in [0.15, 0.2) is 0 Å². The Bertz CT molecular complexity index is 337. The van der Waals surface area contributed by atoms with Gasteiger partial charge in [-0.2, -0.15) is 0 Å². The highest BCUT2D eigenvalue weighted by Crippen LogP contribution is 2.26. The van der Waals surface area contributed by atoms with Crippen molar-refractivity contribution in [1.82, 2.24) is 0 Å². The second-order valence-corrected chi connectivity index (χ2v) is 4.58. The molecule has 90 valence electrons. The summed E-state index contributed by atoms with van der Waals surface area (Å²) in [6.45, 7) is 5.26. The second-order valence-electron chi connectivity index (χ2n) is 4.18. The van der Waals surface area contributed by atoms with Gasteiger partial charge in [0, 0.05) is 12.2 Å². The lowest BCUT2D eigenvalue weighted by Crippen LogP contribution is -2.03. The molecule has 0 atom stereocenters. The van der Waals surface area contributed by atoms with E-state index in [1.54, 1.807) is 0 Å². The van der Waals surface area contributed by atoms with E-state index in [1.165, 1.54) is 25.7 Å². The van der Waals surface area contributed by atoms with E-state index in [1.807, 2.05) is 19.1 Å². The molecule has 3 N–H and O–H groups in total. The number of nitrogens with one attached hydrogen (secondary N) is 1. The number of aryl methyl sites for hydroxylation is 1. The molecule has 0 fully saturated rings. The molecule has 0 bridgehead atoms.